The summed E-state index contributed by atoms with van der Waals surface area (Å²) < 4.78 is 30.6. The Morgan fingerprint density at radius 3 is 2.41 bits per heavy atom. The van der Waals surface area contributed by atoms with Crippen molar-refractivity contribution in [2.24, 2.45) is 46.3 Å². The Bertz CT molecular complexity index is 774. The molecule has 4 saturated carbocycles. The lowest BCUT2D eigenvalue weighted by molar-refractivity contribution is -0.174. The van der Waals surface area contributed by atoms with Crippen LogP contribution < -0.4 is 5.32 Å². The lowest BCUT2D eigenvalue weighted by atomic mass is 9.43. The first-order valence-electron chi connectivity index (χ1n) is 13.0. The molecule has 7 heteroatoms. The van der Waals surface area contributed by atoms with Crippen LogP contribution in [0.3, 0.4) is 0 Å². The highest BCUT2D eigenvalue weighted by atomic mass is 32.2. The third-order valence-corrected chi connectivity index (χ3v) is 11.3. The van der Waals surface area contributed by atoms with Gasteiger partial charge in [0.25, 0.3) is 10.1 Å². The number of rotatable bonds is 7. The Balaban J connectivity index is 1.41. The highest BCUT2D eigenvalue weighted by molar-refractivity contribution is 7.85. The van der Waals surface area contributed by atoms with E-state index in [0.29, 0.717) is 42.1 Å². The van der Waals surface area contributed by atoms with Gasteiger partial charge in [0.15, 0.2) is 0 Å². The Morgan fingerprint density at radius 2 is 1.69 bits per heavy atom. The second kappa shape index (κ2) is 9.10. The molecule has 0 saturated heterocycles. The van der Waals surface area contributed by atoms with Crippen molar-refractivity contribution in [2.45, 2.75) is 97.2 Å². The van der Waals surface area contributed by atoms with E-state index in [9.17, 15) is 18.6 Å². The van der Waals surface area contributed by atoms with Crippen molar-refractivity contribution >= 4 is 10.1 Å². The highest BCUT2D eigenvalue weighted by Crippen LogP contribution is 2.68. The van der Waals surface area contributed by atoms with Gasteiger partial charge in [0, 0.05) is 0 Å². The number of hydrogen-bond donors (Lipinski definition) is 4. The molecular weight excluding hydrogens is 426 g/mol. The van der Waals surface area contributed by atoms with Gasteiger partial charge in [-0.25, -0.2) is 0 Å². The van der Waals surface area contributed by atoms with E-state index in [-0.39, 0.29) is 28.9 Å². The summed E-state index contributed by atoms with van der Waals surface area (Å²) in [4.78, 5) is 0. The molecule has 10 atom stereocenters. The van der Waals surface area contributed by atoms with E-state index < -0.39 is 10.1 Å². The van der Waals surface area contributed by atoms with Crippen LogP contribution in [0.1, 0.15) is 85.0 Å². The van der Waals surface area contributed by atoms with Crippen molar-refractivity contribution in [1.29, 1.82) is 0 Å². The van der Waals surface area contributed by atoms with Crippen molar-refractivity contribution in [3.8, 4) is 0 Å². The van der Waals surface area contributed by atoms with E-state index in [4.69, 9.17) is 4.55 Å². The molecule has 6 nitrogen and oxygen atoms in total. The summed E-state index contributed by atoms with van der Waals surface area (Å²) in [6, 6.07) is 0. The van der Waals surface area contributed by atoms with E-state index in [0.717, 1.165) is 38.5 Å². The summed E-state index contributed by atoms with van der Waals surface area (Å²) in [7, 11) is -3.95. The molecule has 0 aromatic carbocycles. The first-order chi connectivity index (χ1) is 15.0. The maximum absolute atomic E-state index is 11.3. The second-order valence-corrected chi connectivity index (χ2v) is 13.8. The fourth-order valence-corrected chi connectivity index (χ4v) is 9.53. The van der Waals surface area contributed by atoms with Gasteiger partial charge in [-0.15, -0.1) is 0 Å². The molecule has 4 aliphatic rings. The van der Waals surface area contributed by atoms with Crippen molar-refractivity contribution < 1.29 is 23.2 Å². The van der Waals surface area contributed by atoms with Crippen LogP contribution >= 0.6 is 0 Å². The van der Waals surface area contributed by atoms with Crippen LogP contribution in [0.25, 0.3) is 0 Å². The minimum Gasteiger partial charge on any atom is -0.393 e. The summed E-state index contributed by atoms with van der Waals surface area (Å²) in [5.41, 5.74) is 0.549. The Hall–Kier alpha value is -0.210. The van der Waals surface area contributed by atoms with E-state index in [1.807, 2.05) is 0 Å². The minimum absolute atomic E-state index is 0.186. The zero-order chi connectivity index (χ0) is 23.3. The van der Waals surface area contributed by atoms with Gasteiger partial charge in [0.1, 0.15) is 5.88 Å². The fourth-order valence-electron chi connectivity index (χ4n) is 9.13. The molecule has 0 spiro atoms. The standard InChI is InChI=1S/C25H45NO5S/c1-16(5-4-12-26-15-32(29,30)31)19-6-7-20-23-21(9-11-25(19,20)3)24(2)10-8-18(27)13-17(24)14-22(23)28/h16-23,26-28H,4-15H2,1-3H3,(H,29,30,31)/t16-,17?,18-,19-,20+,21+,22+,23+,24+,25-/m1/s1. The Labute approximate surface area is 194 Å². The summed E-state index contributed by atoms with van der Waals surface area (Å²) in [5.74, 6) is 2.88. The number of fused-ring (bicyclic) bond motifs is 5. The largest absolute Gasteiger partial charge is 0.393 e. The predicted molar refractivity (Wildman–Crippen MR) is 125 cm³/mol. The topological polar surface area (TPSA) is 107 Å². The van der Waals surface area contributed by atoms with Gasteiger partial charge >= 0.3 is 0 Å². The Morgan fingerprint density at radius 1 is 1.00 bits per heavy atom. The SMILES string of the molecule is C[C@H](CCCNCS(=O)(=O)O)[C@H]1CC[C@H]2[C@@H]3[C@@H](O)CC4C[C@H](O)CC[C@]4(C)[C@H]3CC[C@]12C. The number of nitrogens with one attached hydrogen (secondary N) is 1. The lowest BCUT2D eigenvalue weighted by Gasteiger charge is -2.62. The summed E-state index contributed by atoms with van der Waals surface area (Å²) in [6.07, 6.45) is 10.2. The van der Waals surface area contributed by atoms with Gasteiger partial charge in [-0.1, -0.05) is 20.8 Å². The average molecular weight is 472 g/mol. The average Bonchev–Trinajstić information content (AvgIpc) is 3.05. The van der Waals surface area contributed by atoms with Crippen LogP contribution in [0.2, 0.25) is 0 Å². The molecule has 32 heavy (non-hydrogen) atoms. The summed E-state index contributed by atoms with van der Waals surface area (Å²) >= 11 is 0. The molecule has 186 valence electrons. The van der Waals surface area contributed by atoms with E-state index in [1.165, 1.54) is 25.7 Å². The quantitative estimate of drug-likeness (QED) is 0.332. The molecule has 1 unspecified atom stereocenters. The molecule has 0 aromatic heterocycles. The molecule has 4 rings (SSSR count). The van der Waals surface area contributed by atoms with Gasteiger partial charge in [0.05, 0.1) is 12.2 Å². The summed E-state index contributed by atoms with van der Waals surface area (Å²) in [5, 5.41) is 24.4. The van der Waals surface area contributed by atoms with E-state index in [1.54, 1.807) is 0 Å². The fraction of sp³-hybridized carbons (Fsp3) is 1.00. The maximum Gasteiger partial charge on any atom is 0.278 e. The smallest absolute Gasteiger partial charge is 0.278 e. The van der Waals surface area contributed by atoms with Crippen LogP contribution in [-0.2, 0) is 10.1 Å². The predicted octanol–water partition coefficient (Wildman–Crippen LogP) is 3.83. The van der Waals surface area contributed by atoms with Crippen LogP contribution in [0.15, 0.2) is 0 Å². The number of aliphatic hydroxyl groups is 2. The minimum atomic E-state index is -3.95. The van der Waals surface area contributed by atoms with Crippen molar-refractivity contribution in [2.75, 3.05) is 12.4 Å². The lowest BCUT2D eigenvalue weighted by Crippen LogP contribution is -2.58. The van der Waals surface area contributed by atoms with E-state index in [2.05, 4.69) is 26.1 Å². The van der Waals surface area contributed by atoms with Crippen LogP contribution in [-0.4, -0.2) is 47.8 Å². The van der Waals surface area contributed by atoms with Crippen LogP contribution in [0.4, 0.5) is 0 Å². The molecule has 0 amide bonds. The van der Waals surface area contributed by atoms with Crippen LogP contribution in [0, 0.1) is 46.3 Å². The van der Waals surface area contributed by atoms with Crippen LogP contribution in [0.5, 0.6) is 0 Å². The highest BCUT2D eigenvalue weighted by Gasteiger charge is 2.62. The molecule has 4 fully saturated rings. The molecular formula is C25H45NO5S. The Kier molecular flexibility index (Phi) is 7.08. The zero-order valence-electron chi connectivity index (χ0n) is 20.2. The van der Waals surface area contributed by atoms with E-state index >= 15 is 0 Å². The number of aliphatic hydroxyl groups excluding tert-OH is 2. The van der Waals surface area contributed by atoms with Gasteiger partial charge in [-0.3, -0.25) is 4.55 Å². The molecule has 0 aromatic rings. The van der Waals surface area contributed by atoms with Gasteiger partial charge in [-0.05, 0) is 117 Å². The molecule has 4 aliphatic carbocycles. The molecule has 0 heterocycles. The monoisotopic (exact) mass is 471 g/mol. The normalized spacial score (nSPS) is 47.4. The first kappa shape index (κ1) is 24.9. The summed E-state index contributed by atoms with van der Waals surface area (Å²) in [6.45, 7) is 7.91. The van der Waals surface area contributed by atoms with Crippen molar-refractivity contribution in [1.82, 2.24) is 5.32 Å². The molecule has 0 radical (unpaired) electrons. The molecule has 4 N–H and O–H groups in total. The second-order valence-electron chi connectivity index (χ2n) is 12.3. The first-order valence-corrected chi connectivity index (χ1v) is 14.6. The van der Waals surface area contributed by atoms with Gasteiger partial charge in [0.2, 0.25) is 0 Å². The van der Waals surface area contributed by atoms with Gasteiger partial charge in [-0.2, -0.15) is 8.42 Å². The maximum atomic E-state index is 11.3. The van der Waals surface area contributed by atoms with Gasteiger partial charge < -0.3 is 15.5 Å². The zero-order valence-corrected chi connectivity index (χ0v) is 21.0. The number of hydrogen-bond acceptors (Lipinski definition) is 5. The van der Waals surface area contributed by atoms with Crippen molar-refractivity contribution in [3.05, 3.63) is 0 Å². The molecule has 0 aliphatic heterocycles. The van der Waals surface area contributed by atoms with Crippen molar-refractivity contribution in [3.63, 3.8) is 0 Å². The third-order valence-electron chi connectivity index (χ3n) is 10.7. The molecule has 0 bridgehead atoms. The third kappa shape index (κ3) is 4.53.